The molecule has 6 nitrogen and oxygen atoms in total. The fourth-order valence-corrected chi connectivity index (χ4v) is 3.91. The molecule has 1 aliphatic rings. The van der Waals surface area contributed by atoms with E-state index < -0.39 is 0 Å². The van der Waals surface area contributed by atoms with Gasteiger partial charge < -0.3 is 0 Å². The molecule has 0 saturated carbocycles. The SMILES string of the molecule is CCN(CC)Cc1nnc2n1-c1ccc(SC)cc1C(c1ccccn1)=NC2. The minimum atomic E-state index is 0.487. The zero-order chi connectivity index (χ0) is 19.5. The molecule has 0 bridgehead atoms. The number of hydrogen-bond donors (Lipinski definition) is 0. The highest BCUT2D eigenvalue weighted by molar-refractivity contribution is 7.98. The highest BCUT2D eigenvalue weighted by Crippen LogP contribution is 2.29. The first-order valence-electron chi connectivity index (χ1n) is 9.55. The van der Waals surface area contributed by atoms with Gasteiger partial charge in [-0.1, -0.05) is 19.9 Å². The van der Waals surface area contributed by atoms with Crippen molar-refractivity contribution in [3.8, 4) is 5.69 Å². The van der Waals surface area contributed by atoms with E-state index in [4.69, 9.17) is 4.99 Å². The standard InChI is InChI=1S/C21H24N6S/c1-4-26(5-2)14-20-25-24-19-13-23-21(17-8-6-7-11-22-17)16-12-15(28-3)9-10-18(16)27(19)20/h6-12H,4-5,13-14H2,1-3H3. The number of aromatic nitrogens is 4. The predicted molar refractivity (Wildman–Crippen MR) is 113 cm³/mol. The maximum absolute atomic E-state index is 4.89. The lowest BCUT2D eigenvalue weighted by Crippen LogP contribution is -2.24. The monoisotopic (exact) mass is 392 g/mol. The summed E-state index contributed by atoms with van der Waals surface area (Å²) < 4.78 is 2.18. The summed E-state index contributed by atoms with van der Waals surface area (Å²) in [6, 6.07) is 12.4. The number of aliphatic imine (C=N–C) groups is 1. The van der Waals surface area contributed by atoms with Crippen molar-refractivity contribution in [1.82, 2.24) is 24.6 Å². The van der Waals surface area contributed by atoms with Gasteiger partial charge in [0.05, 0.1) is 23.6 Å². The normalized spacial score (nSPS) is 13.1. The van der Waals surface area contributed by atoms with Crippen LogP contribution in [0.15, 0.2) is 52.5 Å². The molecular weight excluding hydrogens is 368 g/mol. The Morgan fingerprint density at radius 3 is 2.68 bits per heavy atom. The molecule has 7 heteroatoms. The molecule has 0 fully saturated rings. The van der Waals surface area contributed by atoms with Crippen molar-refractivity contribution in [1.29, 1.82) is 0 Å². The van der Waals surface area contributed by atoms with Crippen LogP contribution in [0.2, 0.25) is 0 Å². The molecule has 144 valence electrons. The summed E-state index contributed by atoms with van der Waals surface area (Å²) in [6.45, 7) is 7.55. The molecule has 0 spiro atoms. The summed E-state index contributed by atoms with van der Waals surface area (Å²) in [6.07, 6.45) is 3.90. The first-order valence-corrected chi connectivity index (χ1v) is 10.8. The molecule has 1 aliphatic heterocycles. The summed E-state index contributed by atoms with van der Waals surface area (Å²) >= 11 is 1.73. The molecule has 3 heterocycles. The molecule has 0 amide bonds. The van der Waals surface area contributed by atoms with Gasteiger partial charge in [0.25, 0.3) is 0 Å². The van der Waals surface area contributed by atoms with E-state index >= 15 is 0 Å². The zero-order valence-corrected chi connectivity index (χ0v) is 17.3. The Hall–Kier alpha value is -2.51. The largest absolute Gasteiger partial charge is 0.296 e. The number of thioether (sulfide) groups is 1. The Balaban J connectivity index is 1.88. The van der Waals surface area contributed by atoms with E-state index in [1.807, 2.05) is 24.4 Å². The molecule has 2 aromatic heterocycles. The Labute approximate surface area is 169 Å². The molecule has 28 heavy (non-hydrogen) atoms. The van der Waals surface area contributed by atoms with Crippen LogP contribution in [0.1, 0.15) is 36.8 Å². The fourth-order valence-electron chi connectivity index (χ4n) is 3.47. The maximum atomic E-state index is 4.89. The van der Waals surface area contributed by atoms with Gasteiger partial charge in [0.15, 0.2) is 11.6 Å². The molecule has 0 N–H and O–H groups in total. The summed E-state index contributed by atoms with van der Waals surface area (Å²) in [5, 5.41) is 8.96. The first-order chi connectivity index (χ1) is 13.7. The fraction of sp³-hybridized carbons (Fsp3) is 0.333. The molecule has 3 aromatic rings. The van der Waals surface area contributed by atoms with Gasteiger partial charge in [0, 0.05) is 16.7 Å². The second kappa shape index (κ2) is 8.24. The highest BCUT2D eigenvalue weighted by Gasteiger charge is 2.24. The molecule has 0 radical (unpaired) electrons. The van der Waals surface area contributed by atoms with Crippen molar-refractivity contribution in [2.45, 2.75) is 31.8 Å². The number of rotatable bonds is 6. The van der Waals surface area contributed by atoms with Crippen LogP contribution < -0.4 is 0 Å². The van der Waals surface area contributed by atoms with E-state index in [9.17, 15) is 0 Å². The topological polar surface area (TPSA) is 59.2 Å². The summed E-state index contributed by atoms with van der Waals surface area (Å²) in [7, 11) is 0. The van der Waals surface area contributed by atoms with Crippen LogP contribution in [0, 0.1) is 0 Å². The lowest BCUT2D eigenvalue weighted by molar-refractivity contribution is 0.286. The number of nitrogens with zero attached hydrogens (tertiary/aromatic N) is 6. The highest BCUT2D eigenvalue weighted by atomic mass is 32.2. The number of pyridine rings is 1. The van der Waals surface area contributed by atoms with Crippen LogP contribution in [-0.2, 0) is 13.1 Å². The van der Waals surface area contributed by atoms with Crippen molar-refractivity contribution >= 4 is 17.5 Å². The van der Waals surface area contributed by atoms with Crippen molar-refractivity contribution in [2.24, 2.45) is 4.99 Å². The number of hydrogen-bond acceptors (Lipinski definition) is 6. The molecule has 0 unspecified atom stereocenters. The molecule has 0 atom stereocenters. The zero-order valence-electron chi connectivity index (χ0n) is 16.5. The van der Waals surface area contributed by atoms with Crippen LogP contribution in [0.3, 0.4) is 0 Å². The Morgan fingerprint density at radius 2 is 1.96 bits per heavy atom. The quantitative estimate of drug-likeness (QED) is 0.600. The van der Waals surface area contributed by atoms with Gasteiger partial charge in [-0.2, -0.15) is 0 Å². The van der Waals surface area contributed by atoms with E-state index in [0.717, 1.165) is 53.9 Å². The van der Waals surface area contributed by atoms with E-state index in [-0.39, 0.29) is 0 Å². The lowest BCUT2D eigenvalue weighted by Gasteiger charge is -2.19. The summed E-state index contributed by atoms with van der Waals surface area (Å²) in [5.74, 6) is 1.82. The van der Waals surface area contributed by atoms with Crippen LogP contribution in [0.5, 0.6) is 0 Å². The smallest absolute Gasteiger partial charge is 0.159 e. The van der Waals surface area contributed by atoms with E-state index in [0.29, 0.717) is 6.54 Å². The van der Waals surface area contributed by atoms with Gasteiger partial charge in [0.1, 0.15) is 6.54 Å². The van der Waals surface area contributed by atoms with Crippen molar-refractivity contribution in [3.63, 3.8) is 0 Å². The van der Waals surface area contributed by atoms with Crippen LogP contribution in [0.25, 0.3) is 5.69 Å². The Morgan fingerprint density at radius 1 is 1.11 bits per heavy atom. The van der Waals surface area contributed by atoms with E-state index in [1.165, 1.54) is 4.90 Å². The van der Waals surface area contributed by atoms with E-state index in [1.54, 1.807) is 11.8 Å². The molecular formula is C21H24N6S. The van der Waals surface area contributed by atoms with Crippen LogP contribution >= 0.6 is 11.8 Å². The van der Waals surface area contributed by atoms with Gasteiger partial charge in [-0.25, -0.2) is 0 Å². The predicted octanol–water partition coefficient (Wildman–Crippen LogP) is 3.58. The van der Waals surface area contributed by atoms with Crippen molar-refractivity contribution < 1.29 is 0 Å². The van der Waals surface area contributed by atoms with Gasteiger partial charge in [-0.15, -0.1) is 22.0 Å². The van der Waals surface area contributed by atoms with Gasteiger partial charge in [-0.3, -0.25) is 19.4 Å². The van der Waals surface area contributed by atoms with Crippen LogP contribution in [-0.4, -0.2) is 49.7 Å². The first kappa shape index (κ1) is 18.8. The summed E-state index contributed by atoms with van der Waals surface area (Å²) in [5.41, 5.74) is 3.93. The second-order valence-electron chi connectivity index (χ2n) is 6.59. The third kappa shape index (κ3) is 3.47. The number of fused-ring (bicyclic) bond motifs is 3. The van der Waals surface area contributed by atoms with Gasteiger partial charge in [-0.05, 0) is 49.7 Å². The van der Waals surface area contributed by atoms with E-state index in [2.05, 4.69) is 63.0 Å². The van der Waals surface area contributed by atoms with Gasteiger partial charge >= 0.3 is 0 Å². The van der Waals surface area contributed by atoms with Crippen molar-refractivity contribution in [3.05, 3.63) is 65.5 Å². The molecule has 0 aliphatic carbocycles. The average Bonchev–Trinajstić information content (AvgIpc) is 3.07. The van der Waals surface area contributed by atoms with Crippen molar-refractivity contribution in [2.75, 3.05) is 19.3 Å². The molecule has 0 saturated heterocycles. The maximum Gasteiger partial charge on any atom is 0.159 e. The number of benzene rings is 1. The Bertz CT molecular complexity index is 991. The molecule has 1 aromatic carbocycles. The minimum Gasteiger partial charge on any atom is -0.296 e. The minimum absolute atomic E-state index is 0.487. The van der Waals surface area contributed by atoms with Gasteiger partial charge in [0.2, 0.25) is 0 Å². The van der Waals surface area contributed by atoms with Crippen LogP contribution in [0.4, 0.5) is 0 Å². The lowest BCUT2D eigenvalue weighted by atomic mass is 10.0. The summed E-state index contributed by atoms with van der Waals surface area (Å²) in [4.78, 5) is 13.0. The average molecular weight is 393 g/mol. The third-order valence-corrected chi connectivity index (χ3v) is 5.77. The Kier molecular flexibility index (Phi) is 5.54. The molecule has 4 rings (SSSR count). The second-order valence-corrected chi connectivity index (χ2v) is 7.47. The third-order valence-electron chi connectivity index (χ3n) is 5.04.